The minimum Gasteiger partial charge on any atom is -0.371 e. The number of anilines is 2. The SMILES string of the molecule is Cc1ccc(C2CCN(c3ccc(CNC(=O)c4cc(NC(=O)c5ccccc5-c5ccc(C(F)(F)F)cc5)cn4C)cc3)CC2)cc1. The molecule has 0 atom stereocenters. The number of piperidine rings is 1. The molecule has 0 bridgehead atoms. The fourth-order valence-corrected chi connectivity index (χ4v) is 6.24. The van der Waals surface area contributed by atoms with Crippen molar-refractivity contribution in [2.45, 2.75) is 38.4 Å². The van der Waals surface area contributed by atoms with Crippen LogP contribution in [0.3, 0.4) is 0 Å². The summed E-state index contributed by atoms with van der Waals surface area (Å²) in [6.45, 7) is 4.47. The lowest BCUT2D eigenvalue weighted by Crippen LogP contribution is -2.32. The summed E-state index contributed by atoms with van der Waals surface area (Å²) < 4.78 is 40.8. The highest BCUT2D eigenvalue weighted by atomic mass is 19.4. The molecule has 6 nitrogen and oxygen atoms in total. The highest BCUT2D eigenvalue weighted by Gasteiger charge is 2.30. The highest BCUT2D eigenvalue weighted by Crippen LogP contribution is 2.33. The lowest BCUT2D eigenvalue weighted by molar-refractivity contribution is -0.137. The van der Waals surface area contributed by atoms with E-state index in [1.165, 1.54) is 28.9 Å². The number of carbonyl (C=O) groups is 2. The molecule has 0 aliphatic carbocycles. The summed E-state index contributed by atoms with van der Waals surface area (Å²) in [6.07, 6.45) is -0.570. The molecule has 1 aliphatic rings. The summed E-state index contributed by atoms with van der Waals surface area (Å²) in [5.41, 5.74) is 6.16. The van der Waals surface area contributed by atoms with Crippen LogP contribution in [0.25, 0.3) is 11.1 Å². The number of rotatable bonds is 8. The van der Waals surface area contributed by atoms with E-state index in [0.717, 1.165) is 43.6 Å². The van der Waals surface area contributed by atoms with Gasteiger partial charge >= 0.3 is 6.18 Å². The minimum absolute atomic E-state index is 0.287. The average molecular weight is 651 g/mol. The monoisotopic (exact) mass is 650 g/mol. The number of hydrogen-bond donors (Lipinski definition) is 2. The van der Waals surface area contributed by atoms with Crippen molar-refractivity contribution in [2.75, 3.05) is 23.3 Å². The zero-order valence-electron chi connectivity index (χ0n) is 26.9. The molecule has 0 spiro atoms. The maximum atomic E-state index is 13.3. The summed E-state index contributed by atoms with van der Waals surface area (Å²) in [4.78, 5) is 28.8. The predicted molar refractivity (Wildman–Crippen MR) is 183 cm³/mol. The number of hydrogen-bond acceptors (Lipinski definition) is 3. The van der Waals surface area contributed by atoms with Gasteiger partial charge in [-0.05, 0) is 84.3 Å². The summed E-state index contributed by atoms with van der Waals surface area (Å²) >= 11 is 0. The molecule has 5 aromatic rings. The highest BCUT2D eigenvalue weighted by molar-refractivity contribution is 6.09. The summed E-state index contributed by atoms with van der Waals surface area (Å²) in [7, 11) is 1.72. The number of carbonyl (C=O) groups excluding carboxylic acids is 2. The first kappa shape index (κ1) is 32.6. The largest absolute Gasteiger partial charge is 0.416 e. The van der Waals surface area contributed by atoms with Crippen molar-refractivity contribution < 1.29 is 22.8 Å². The van der Waals surface area contributed by atoms with Gasteiger partial charge in [0.25, 0.3) is 11.8 Å². The molecule has 1 fully saturated rings. The van der Waals surface area contributed by atoms with Crippen LogP contribution in [0.4, 0.5) is 24.5 Å². The van der Waals surface area contributed by atoms with Crippen LogP contribution in [-0.2, 0) is 19.8 Å². The van der Waals surface area contributed by atoms with Gasteiger partial charge in [-0.3, -0.25) is 9.59 Å². The molecule has 2 heterocycles. The lowest BCUT2D eigenvalue weighted by Gasteiger charge is -2.34. The van der Waals surface area contributed by atoms with E-state index in [2.05, 4.69) is 58.9 Å². The molecular formula is C39H37F3N4O2. The molecule has 1 saturated heterocycles. The number of halogens is 3. The van der Waals surface area contributed by atoms with E-state index in [4.69, 9.17) is 0 Å². The Morgan fingerprint density at radius 1 is 0.833 bits per heavy atom. The Bertz CT molecular complexity index is 1890. The second-order valence-electron chi connectivity index (χ2n) is 12.3. The van der Waals surface area contributed by atoms with Crippen LogP contribution >= 0.6 is 0 Å². The molecule has 0 saturated carbocycles. The van der Waals surface area contributed by atoms with Crippen molar-refractivity contribution in [1.82, 2.24) is 9.88 Å². The normalized spacial score (nSPS) is 13.7. The molecular weight excluding hydrogens is 613 g/mol. The van der Waals surface area contributed by atoms with Crippen molar-refractivity contribution in [2.24, 2.45) is 7.05 Å². The van der Waals surface area contributed by atoms with Gasteiger partial charge in [-0.1, -0.05) is 72.3 Å². The predicted octanol–water partition coefficient (Wildman–Crippen LogP) is 8.59. The van der Waals surface area contributed by atoms with Gasteiger partial charge < -0.3 is 20.1 Å². The van der Waals surface area contributed by atoms with Gasteiger partial charge in [-0.15, -0.1) is 0 Å². The Morgan fingerprint density at radius 2 is 1.50 bits per heavy atom. The number of amides is 2. The van der Waals surface area contributed by atoms with E-state index in [-0.39, 0.29) is 5.91 Å². The van der Waals surface area contributed by atoms with Gasteiger partial charge in [0.15, 0.2) is 0 Å². The number of aromatic nitrogens is 1. The Hall–Kier alpha value is -5.31. The van der Waals surface area contributed by atoms with Gasteiger partial charge in [0.2, 0.25) is 0 Å². The summed E-state index contributed by atoms with van der Waals surface area (Å²) in [5.74, 6) is -0.140. The number of aryl methyl sites for hydroxylation is 2. The van der Waals surface area contributed by atoms with Crippen LogP contribution in [0.1, 0.15) is 61.9 Å². The number of nitrogens with zero attached hydrogens (tertiary/aromatic N) is 2. The quantitative estimate of drug-likeness (QED) is 0.177. The molecule has 9 heteroatoms. The van der Waals surface area contributed by atoms with E-state index in [1.54, 1.807) is 48.1 Å². The molecule has 0 radical (unpaired) electrons. The standard InChI is InChI=1S/C39H37F3N4O2/c1-26-7-11-28(12-8-26)29-19-21-46(22-20-29)33-17-9-27(10-18-33)24-43-38(48)36-23-32(25-45(36)2)44-37(47)35-6-4-3-5-34(35)30-13-15-31(16-14-30)39(40,41)42/h3-18,23,25,29H,19-22,24H2,1-2H3,(H,43,48)(H,44,47). The van der Waals surface area contributed by atoms with Crippen LogP contribution in [0.2, 0.25) is 0 Å². The third-order valence-electron chi connectivity index (χ3n) is 8.99. The van der Waals surface area contributed by atoms with Crippen LogP contribution < -0.4 is 15.5 Å². The van der Waals surface area contributed by atoms with Gasteiger partial charge in [-0.2, -0.15) is 13.2 Å². The summed E-state index contributed by atoms with van der Waals surface area (Å²) in [5, 5.41) is 5.78. The third-order valence-corrected chi connectivity index (χ3v) is 8.99. The molecule has 0 unspecified atom stereocenters. The molecule has 2 amide bonds. The van der Waals surface area contributed by atoms with E-state index in [0.29, 0.717) is 40.5 Å². The lowest BCUT2D eigenvalue weighted by atomic mass is 9.89. The van der Waals surface area contributed by atoms with E-state index in [1.807, 2.05) is 12.1 Å². The van der Waals surface area contributed by atoms with Crippen LogP contribution in [0, 0.1) is 6.92 Å². The zero-order chi connectivity index (χ0) is 33.8. The number of benzene rings is 4. The van der Waals surface area contributed by atoms with Gasteiger partial charge in [-0.25, -0.2) is 0 Å². The Balaban J connectivity index is 1.04. The molecule has 4 aromatic carbocycles. The number of nitrogens with one attached hydrogen (secondary N) is 2. The van der Waals surface area contributed by atoms with Gasteiger partial charge in [0, 0.05) is 44.1 Å². The molecule has 246 valence electrons. The molecule has 48 heavy (non-hydrogen) atoms. The van der Waals surface area contributed by atoms with E-state index >= 15 is 0 Å². The van der Waals surface area contributed by atoms with Crippen molar-refractivity contribution in [3.8, 4) is 11.1 Å². The van der Waals surface area contributed by atoms with Crippen molar-refractivity contribution in [3.05, 3.63) is 143 Å². The minimum atomic E-state index is -4.45. The maximum Gasteiger partial charge on any atom is 0.416 e. The second-order valence-corrected chi connectivity index (χ2v) is 12.3. The molecule has 6 rings (SSSR count). The van der Waals surface area contributed by atoms with Crippen molar-refractivity contribution >= 4 is 23.2 Å². The molecule has 1 aliphatic heterocycles. The summed E-state index contributed by atoms with van der Waals surface area (Å²) in [6, 6.07) is 30.1. The Kier molecular flexibility index (Phi) is 9.39. The fourth-order valence-electron chi connectivity index (χ4n) is 6.24. The van der Waals surface area contributed by atoms with Crippen molar-refractivity contribution in [1.29, 1.82) is 0 Å². The third kappa shape index (κ3) is 7.46. The first-order chi connectivity index (χ1) is 23.0. The molecule has 1 aromatic heterocycles. The van der Waals surface area contributed by atoms with Crippen LogP contribution in [0.5, 0.6) is 0 Å². The first-order valence-electron chi connectivity index (χ1n) is 16.0. The van der Waals surface area contributed by atoms with Gasteiger partial charge in [0.05, 0.1) is 11.3 Å². The average Bonchev–Trinajstić information content (AvgIpc) is 3.47. The molecule has 2 N–H and O–H groups in total. The van der Waals surface area contributed by atoms with E-state index < -0.39 is 17.6 Å². The Morgan fingerprint density at radius 3 is 2.17 bits per heavy atom. The van der Waals surface area contributed by atoms with E-state index in [9.17, 15) is 22.8 Å². The second kappa shape index (κ2) is 13.8. The topological polar surface area (TPSA) is 66.4 Å². The fraction of sp³-hybridized carbons (Fsp3) is 0.231. The van der Waals surface area contributed by atoms with Crippen molar-refractivity contribution in [3.63, 3.8) is 0 Å². The Labute approximate surface area is 278 Å². The van der Waals surface area contributed by atoms with Gasteiger partial charge in [0.1, 0.15) is 5.69 Å². The smallest absolute Gasteiger partial charge is 0.371 e. The first-order valence-corrected chi connectivity index (χ1v) is 16.0. The number of alkyl halides is 3. The van der Waals surface area contributed by atoms with Crippen LogP contribution in [-0.4, -0.2) is 29.5 Å². The van der Waals surface area contributed by atoms with Crippen LogP contribution in [0.15, 0.2) is 109 Å². The maximum absolute atomic E-state index is 13.3. The zero-order valence-corrected chi connectivity index (χ0v) is 26.9.